The molecule has 1 atom stereocenters. The highest BCUT2D eigenvalue weighted by molar-refractivity contribution is 5.40. The highest BCUT2D eigenvalue weighted by Gasteiger charge is 2.17. The van der Waals surface area contributed by atoms with Crippen LogP contribution in [0.3, 0.4) is 0 Å². The van der Waals surface area contributed by atoms with E-state index in [0.717, 1.165) is 12.5 Å². The van der Waals surface area contributed by atoms with Crippen molar-refractivity contribution in [1.29, 1.82) is 0 Å². The lowest BCUT2D eigenvalue weighted by molar-refractivity contribution is -0.385. The zero-order chi connectivity index (χ0) is 13.7. The van der Waals surface area contributed by atoms with Gasteiger partial charge in [-0.25, -0.2) is 4.39 Å². The van der Waals surface area contributed by atoms with E-state index in [4.69, 9.17) is 0 Å². The first-order valence-corrected chi connectivity index (χ1v) is 6.05. The lowest BCUT2D eigenvalue weighted by Crippen LogP contribution is -2.31. The third-order valence-corrected chi connectivity index (χ3v) is 3.14. The van der Waals surface area contributed by atoms with Gasteiger partial charge in [0.15, 0.2) is 0 Å². The molecule has 1 rings (SSSR count). The molecule has 100 valence electrons. The Kier molecular flexibility index (Phi) is 5.22. The van der Waals surface area contributed by atoms with Crippen molar-refractivity contribution in [2.24, 2.45) is 5.92 Å². The number of hydrogen-bond acceptors (Lipinski definition) is 3. The van der Waals surface area contributed by atoms with Gasteiger partial charge in [-0.2, -0.15) is 0 Å². The van der Waals surface area contributed by atoms with Crippen molar-refractivity contribution in [2.45, 2.75) is 32.7 Å². The maximum absolute atomic E-state index is 13.1. The van der Waals surface area contributed by atoms with E-state index in [1.54, 1.807) is 0 Å². The number of benzene rings is 1. The molecular weight excluding hydrogens is 235 g/mol. The minimum absolute atomic E-state index is 0.00462. The molecular formula is C13H19FN2O2. The topological polar surface area (TPSA) is 55.2 Å². The average molecular weight is 254 g/mol. The molecule has 1 unspecified atom stereocenters. The van der Waals surface area contributed by atoms with E-state index < -0.39 is 10.7 Å². The van der Waals surface area contributed by atoms with Gasteiger partial charge in [-0.3, -0.25) is 10.1 Å². The van der Waals surface area contributed by atoms with Crippen molar-refractivity contribution in [3.8, 4) is 0 Å². The van der Waals surface area contributed by atoms with Crippen LogP contribution in [0.5, 0.6) is 0 Å². The molecule has 0 aliphatic heterocycles. The fourth-order valence-corrected chi connectivity index (χ4v) is 2.05. The molecule has 1 aromatic rings. The molecule has 1 aromatic carbocycles. The molecule has 4 nitrogen and oxygen atoms in total. The zero-order valence-corrected chi connectivity index (χ0v) is 10.9. The van der Waals surface area contributed by atoms with Crippen LogP contribution in [0.2, 0.25) is 0 Å². The quantitative estimate of drug-likeness (QED) is 0.627. The summed E-state index contributed by atoms with van der Waals surface area (Å²) in [5, 5.41) is 14.0. The molecule has 0 bridgehead atoms. The standard InChI is InChI=1S/C13H19FN2O2/c1-9(2)12(15-3)6-4-10-8-11(14)5-7-13(10)16(17)18/h5,7-9,12,15H,4,6H2,1-3H3. The Labute approximate surface area is 106 Å². The summed E-state index contributed by atoms with van der Waals surface area (Å²) < 4.78 is 13.1. The number of rotatable bonds is 6. The molecule has 0 radical (unpaired) electrons. The maximum Gasteiger partial charge on any atom is 0.272 e. The first-order chi connectivity index (χ1) is 8.45. The highest BCUT2D eigenvalue weighted by atomic mass is 19.1. The smallest absolute Gasteiger partial charge is 0.272 e. The zero-order valence-electron chi connectivity index (χ0n) is 10.9. The van der Waals surface area contributed by atoms with Gasteiger partial charge in [0.1, 0.15) is 5.82 Å². The van der Waals surface area contributed by atoms with Crippen LogP contribution in [-0.2, 0) is 6.42 Å². The van der Waals surface area contributed by atoms with E-state index in [9.17, 15) is 14.5 Å². The van der Waals surface area contributed by atoms with Crippen molar-refractivity contribution in [3.63, 3.8) is 0 Å². The van der Waals surface area contributed by atoms with E-state index in [2.05, 4.69) is 19.2 Å². The summed E-state index contributed by atoms with van der Waals surface area (Å²) in [5.74, 6) is 0.00349. The summed E-state index contributed by atoms with van der Waals surface area (Å²) in [7, 11) is 1.87. The summed E-state index contributed by atoms with van der Waals surface area (Å²) in [6, 6.07) is 3.88. The second-order valence-corrected chi connectivity index (χ2v) is 4.71. The molecule has 5 heteroatoms. The Bertz CT molecular complexity index is 421. The number of hydrogen-bond donors (Lipinski definition) is 1. The third kappa shape index (κ3) is 3.77. The van der Waals surface area contributed by atoms with Gasteiger partial charge in [0.05, 0.1) is 4.92 Å². The van der Waals surface area contributed by atoms with Crippen molar-refractivity contribution >= 4 is 5.69 Å². The number of nitrogens with one attached hydrogen (secondary N) is 1. The van der Waals surface area contributed by atoms with E-state index in [1.807, 2.05) is 7.05 Å². The van der Waals surface area contributed by atoms with Gasteiger partial charge in [0.2, 0.25) is 0 Å². The van der Waals surface area contributed by atoms with E-state index in [-0.39, 0.29) is 11.7 Å². The van der Waals surface area contributed by atoms with Crippen LogP contribution < -0.4 is 5.32 Å². The van der Waals surface area contributed by atoms with Gasteiger partial charge < -0.3 is 5.32 Å². The largest absolute Gasteiger partial charge is 0.317 e. The molecule has 0 saturated carbocycles. The summed E-state index contributed by atoms with van der Waals surface area (Å²) in [5.41, 5.74) is 0.455. The first kappa shape index (κ1) is 14.6. The Balaban J connectivity index is 2.83. The van der Waals surface area contributed by atoms with Gasteiger partial charge in [-0.1, -0.05) is 13.8 Å². The van der Waals surface area contributed by atoms with Crippen molar-refractivity contribution in [3.05, 3.63) is 39.7 Å². The Morgan fingerprint density at radius 1 is 1.44 bits per heavy atom. The van der Waals surface area contributed by atoms with Gasteiger partial charge in [0.25, 0.3) is 5.69 Å². The van der Waals surface area contributed by atoms with Crippen molar-refractivity contribution in [2.75, 3.05) is 7.05 Å². The molecule has 0 spiro atoms. The van der Waals surface area contributed by atoms with Gasteiger partial charge in [-0.05, 0) is 37.9 Å². The van der Waals surface area contributed by atoms with Crippen LogP contribution in [0, 0.1) is 21.8 Å². The molecule has 0 aliphatic rings. The lowest BCUT2D eigenvalue weighted by atomic mass is 9.96. The van der Waals surface area contributed by atoms with Crippen LogP contribution in [-0.4, -0.2) is 18.0 Å². The van der Waals surface area contributed by atoms with Crippen LogP contribution in [0.4, 0.5) is 10.1 Å². The van der Waals surface area contributed by atoms with E-state index in [0.29, 0.717) is 17.9 Å². The molecule has 0 fully saturated rings. The summed E-state index contributed by atoms with van der Waals surface area (Å²) >= 11 is 0. The Morgan fingerprint density at radius 3 is 2.61 bits per heavy atom. The van der Waals surface area contributed by atoms with Crippen molar-refractivity contribution in [1.82, 2.24) is 5.32 Å². The average Bonchev–Trinajstić information content (AvgIpc) is 2.29. The minimum atomic E-state index is -0.460. The van der Waals surface area contributed by atoms with Gasteiger partial charge in [-0.15, -0.1) is 0 Å². The fourth-order valence-electron chi connectivity index (χ4n) is 2.05. The summed E-state index contributed by atoms with van der Waals surface area (Å²) in [4.78, 5) is 10.4. The maximum atomic E-state index is 13.1. The normalized spacial score (nSPS) is 12.7. The predicted molar refractivity (Wildman–Crippen MR) is 69.1 cm³/mol. The second-order valence-electron chi connectivity index (χ2n) is 4.71. The molecule has 0 aromatic heterocycles. The molecule has 0 saturated heterocycles. The molecule has 1 N–H and O–H groups in total. The summed E-state index contributed by atoms with van der Waals surface area (Å²) in [6.45, 7) is 4.17. The van der Waals surface area contributed by atoms with Gasteiger partial charge in [0, 0.05) is 17.7 Å². The Hall–Kier alpha value is -1.49. The summed E-state index contributed by atoms with van der Waals surface area (Å²) in [6.07, 6.45) is 1.25. The lowest BCUT2D eigenvalue weighted by Gasteiger charge is -2.19. The number of halogens is 1. The van der Waals surface area contributed by atoms with Crippen LogP contribution in [0.1, 0.15) is 25.8 Å². The number of nitrogens with zero attached hydrogens (tertiary/aromatic N) is 1. The highest BCUT2D eigenvalue weighted by Crippen LogP contribution is 2.22. The van der Waals surface area contributed by atoms with Gasteiger partial charge >= 0.3 is 0 Å². The SMILES string of the molecule is CNC(CCc1cc(F)ccc1[N+](=O)[O-])C(C)C. The Morgan fingerprint density at radius 2 is 2.11 bits per heavy atom. The predicted octanol–water partition coefficient (Wildman–Crippen LogP) is 2.91. The van der Waals surface area contributed by atoms with E-state index >= 15 is 0 Å². The number of nitro benzene ring substituents is 1. The van der Waals surface area contributed by atoms with Crippen molar-refractivity contribution < 1.29 is 9.31 Å². The molecule has 0 amide bonds. The second kappa shape index (κ2) is 6.44. The van der Waals surface area contributed by atoms with Crippen LogP contribution >= 0.6 is 0 Å². The molecule has 0 heterocycles. The first-order valence-electron chi connectivity index (χ1n) is 6.05. The van der Waals surface area contributed by atoms with E-state index in [1.165, 1.54) is 12.1 Å². The number of aryl methyl sites for hydroxylation is 1. The van der Waals surface area contributed by atoms with Crippen LogP contribution in [0.25, 0.3) is 0 Å². The third-order valence-electron chi connectivity index (χ3n) is 3.14. The monoisotopic (exact) mass is 254 g/mol. The minimum Gasteiger partial charge on any atom is -0.317 e. The molecule has 18 heavy (non-hydrogen) atoms. The number of nitro groups is 1. The molecule has 0 aliphatic carbocycles. The fraction of sp³-hybridized carbons (Fsp3) is 0.538. The van der Waals surface area contributed by atoms with Crippen LogP contribution in [0.15, 0.2) is 18.2 Å².